The number of benzene rings is 2. The summed E-state index contributed by atoms with van der Waals surface area (Å²) in [5, 5.41) is 52.6. The molecule has 3 fully saturated rings. The van der Waals surface area contributed by atoms with Gasteiger partial charge in [0.25, 0.3) is 23.7 Å². The Bertz CT molecular complexity index is 3080. The van der Waals surface area contributed by atoms with E-state index in [1.807, 2.05) is 4.90 Å². The van der Waals surface area contributed by atoms with Gasteiger partial charge in [0.15, 0.2) is 0 Å². The van der Waals surface area contributed by atoms with Crippen molar-refractivity contribution < 1.29 is 80.7 Å². The summed E-state index contributed by atoms with van der Waals surface area (Å²) in [4.78, 5) is 120. The van der Waals surface area contributed by atoms with E-state index in [1.165, 1.54) is 36.9 Å². The van der Waals surface area contributed by atoms with Crippen molar-refractivity contribution in [1.82, 2.24) is 54.9 Å². The largest absolute Gasteiger partial charge is 0.494 e. The lowest BCUT2D eigenvalue weighted by Gasteiger charge is -2.33. The highest BCUT2D eigenvalue weighted by atomic mass is 19.3. The number of amides is 5. The topological polar surface area (TPSA) is 336 Å². The molecule has 0 aliphatic carbocycles. The molecule has 5 amide bonds. The van der Waals surface area contributed by atoms with Crippen LogP contribution in [0.25, 0.3) is 22.3 Å². The van der Waals surface area contributed by atoms with Crippen molar-refractivity contribution >= 4 is 47.4 Å². The van der Waals surface area contributed by atoms with Gasteiger partial charge in [-0.3, -0.25) is 67.9 Å². The summed E-state index contributed by atoms with van der Waals surface area (Å²) in [6.45, 7) is -2.03. The average Bonchev–Trinajstić information content (AvgIpc) is 1.92. The molecule has 480 valence electrons. The van der Waals surface area contributed by atoms with Gasteiger partial charge in [-0.1, -0.05) is 24.3 Å². The molecule has 0 saturated carbocycles. The SMILES string of the molecule is N#C[C@@H]1CC(F)(F)CN1C(=O)CNC(=O)c1ccncc1-c1ccc(OCCCN(CCCOc2ccc(-c3cnccc3C(=O)NCC(=O)N3CC(F)(F)C[C@H]3C#N)cc2)C(=O)CN2CCN(CC(=O)O)CCN(CC(=O)O)CCN(CC(=O)O)CC2)cc1. The molecule has 3 aliphatic heterocycles. The Morgan fingerprint density at radius 2 is 0.889 bits per heavy atom. The quantitative estimate of drug-likeness (QED) is 0.0445. The minimum absolute atomic E-state index is 0.133. The summed E-state index contributed by atoms with van der Waals surface area (Å²) in [5.41, 5.74) is 2.15. The predicted molar refractivity (Wildman–Crippen MR) is 311 cm³/mol. The van der Waals surface area contributed by atoms with Crippen molar-refractivity contribution in [2.75, 3.05) is 131 Å². The van der Waals surface area contributed by atoms with Crippen molar-refractivity contribution in [3.8, 4) is 45.9 Å². The van der Waals surface area contributed by atoms with E-state index in [2.05, 4.69) is 20.6 Å². The highest BCUT2D eigenvalue weighted by Gasteiger charge is 2.48. The van der Waals surface area contributed by atoms with Crippen LogP contribution >= 0.6 is 0 Å². The lowest BCUT2D eigenvalue weighted by molar-refractivity contribution is -0.140. The Balaban J connectivity index is 0.992. The van der Waals surface area contributed by atoms with E-state index < -0.39 is 104 Å². The Kier molecular flexibility index (Phi) is 24.4. The van der Waals surface area contributed by atoms with Crippen LogP contribution in [0.1, 0.15) is 46.4 Å². The molecule has 4 aromatic rings. The number of alkyl halides is 4. The molecule has 30 heteroatoms. The molecular formula is C60H69F4N13O13. The number of carboxylic acids is 3. The predicted octanol–water partition coefficient (Wildman–Crippen LogP) is 2.33. The fraction of sp³-hybridized carbons (Fsp3) is 0.467. The molecule has 3 aliphatic rings. The molecule has 7 rings (SSSR count). The zero-order valence-electron chi connectivity index (χ0n) is 49.1. The monoisotopic (exact) mass is 1260 g/mol. The first kappa shape index (κ1) is 68.1. The second-order valence-electron chi connectivity index (χ2n) is 21.8. The van der Waals surface area contributed by atoms with Crippen LogP contribution in [-0.4, -0.2) is 262 Å². The van der Waals surface area contributed by atoms with Crippen molar-refractivity contribution in [2.45, 2.75) is 49.6 Å². The van der Waals surface area contributed by atoms with Gasteiger partial charge < -0.3 is 50.1 Å². The molecule has 2 atom stereocenters. The van der Waals surface area contributed by atoms with Crippen LogP contribution in [0.15, 0.2) is 85.5 Å². The lowest BCUT2D eigenvalue weighted by Crippen LogP contribution is -2.50. The van der Waals surface area contributed by atoms with E-state index in [0.717, 1.165) is 9.80 Å². The molecule has 90 heavy (non-hydrogen) atoms. The molecule has 5 heterocycles. The highest BCUT2D eigenvalue weighted by molar-refractivity contribution is 6.03. The average molecular weight is 1260 g/mol. The van der Waals surface area contributed by atoms with E-state index in [0.29, 0.717) is 46.6 Å². The number of hydrogen-bond donors (Lipinski definition) is 5. The summed E-state index contributed by atoms with van der Waals surface area (Å²) in [6.07, 6.45) is 4.72. The molecule has 0 bridgehead atoms. The third kappa shape index (κ3) is 20.3. The molecule has 0 spiro atoms. The van der Waals surface area contributed by atoms with Crippen LogP contribution in [-0.2, 0) is 28.8 Å². The fourth-order valence-electron chi connectivity index (χ4n) is 10.5. The maximum Gasteiger partial charge on any atom is 0.317 e. The number of carboxylic acid groups (broad SMARTS) is 3. The zero-order valence-corrected chi connectivity index (χ0v) is 49.1. The van der Waals surface area contributed by atoms with Crippen molar-refractivity contribution in [2.24, 2.45) is 0 Å². The number of carbonyl (C=O) groups is 8. The third-order valence-corrected chi connectivity index (χ3v) is 15.1. The number of pyridine rings is 2. The minimum Gasteiger partial charge on any atom is -0.494 e. The normalized spacial score (nSPS) is 18.2. The van der Waals surface area contributed by atoms with Gasteiger partial charge >= 0.3 is 17.9 Å². The van der Waals surface area contributed by atoms with Crippen molar-refractivity contribution in [3.63, 3.8) is 0 Å². The second-order valence-corrected chi connectivity index (χ2v) is 21.8. The smallest absolute Gasteiger partial charge is 0.317 e. The second kappa shape index (κ2) is 32.2. The lowest BCUT2D eigenvalue weighted by atomic mass is 10.0. The number of aliphatic carboxylic acids is 3. The number of nitrogens with zero attached hydrogens (tertiary/aromatic N) is 11. The summed E-state index contributed by atoms with van der Waals surface area (Å²) in [5.74, 6) is -12.2. The van der Waals surface area contributed by atoms with Crippen molar-refractivity contribution in [3.05, 3.63) is 96.6 Å². The maximum atomic E-state index is 14.5. The van der Waals surface area contributed by atoms with E-state index in [9.17, 15) is 81.8 Å². The Morgan fingerprint density at radius 1 is 0.544 bits per heavy atom. The fourth-order valence-corrected chi connectivity index (χ4v) is 10.5. The molecule has 3 saturated heterocycles. The van der Waals surface area contributed by atoms with Crippen LogP contribution in [0.5, 0.6) is 11.5 Å². The van der Waals surface area contributed by atoms with Crippen molar-refractivity contribution in [1.29, 1.82) is 10.5 Å². The number of ether oxygens (including phenoxy) is 2. The van der Waals surface area contributed by atoms with Gasteiger partial charge in [0.1, 0.15) is 23.6 Å². The number of aromatic nitrogens is 2. The number of carbonyl (C=O) groups excluding carboxylic acids is 5. The Labute approximate surface area is 515 Å². The van der Waals surface area contributed by atoms with Crippen LogP contribution in [0, 0.1) is 22.7 Å². The number of hydrogen-bond acceptors (Lipinski definition) is 18. The van der Waals surface area contributed by atoms with Gasteiger partial charge in [0.2, 0.25) is 17.7 Å². The zero-order chi connectivity index (χ0) is 65.0. The van der Waals surface area contributed by atoms with Crippen LogP contribution in [0.3, 0.4) is 0 Å². The molecule has 0 unspecified atom stereocenters. The molecular weight excluding hydrogens is 1190 g/mol. The van der Waals surface area contributed by atoms with Gasteiger partial charge in [-0.25, -0.2) is 17.6 Å². The number of rotatable bonds is 26. The first-order valence-electron chi connectivity index (χ1n) is 28.9. The van der Waals surface area contributed by atoms with Gasteiger partial charge in [-0.05, 0) is 60.4 Å². The summed E-state index contributed by atoms with van der Waals surface area (Å²) < 4.78 is 68.1. The third-order valence-electron chi connectivity index (χ3n) is 15.1. The van der Waals surface area contributed by atoms with E-state index >= 15 is 0 Å². The van der Waals surface area contributed by atoms with Crippen LogP contribution in [0.4, 0.5) is 17.6 Å². The summed E-state index contributed by atoms with van der Waals surface area (Å²) in [7, 11) is 0. The molecule has 5 N–H and O–H groups in total. The minimum atomic E-state index is -3.22. The first-order chi connectivity index (χ1) is 43.0. The van der Waals surface area contributed by atoms with E-state index in [1.54, 1.807) is 80.3 Å². The first-order valence-corrected chi connectivity index (χ1v) is 28.9. The number of nitriles is 2. The molecule has 2 aromatic heterocycles. The number of likely N-dealkylation sites (tertiary alicyclic amines) is 2. The number of halogens is 4. The van der Waals surface area contributed by atoms with Crippen LogP contribution < -0.4 is 20.1 Å². The van der Waals surface area contributed by atoms with Gasteiger partial charge in [0.05, 0.1) is 88.8 Å². The van der Waals surface area contributed by atoms with Gasteiger partial charge in [-0.15, -0.1) is 0 Å². The summed E-state index contributed by atoms with van der Waals surface area (Å²) in [6, 6.07) is 17.0. The summed E-state index contributed by atoms with van der Waals surface area (Å²) >= 11 is 0. The number of nitrogens with one attached hydrogen (secondary N) is 2. The van der Waals surface area contributed by atoms with Gasteiger partial charge in [-0.2, -0.15) is 10.5 Å². The Hall–Kier alpha value is -9.36. The Morgan fingerprint density at radius 3 is 1.22 bits per heavy atom. The van der Waals surface area contributed by atoms with E-state index in [-0.39, 0.29) is 122 Å². The van der Waals surface area contributed by atoms with Crippen LogP contribution in [0.2, 0.25) is 0 Å². The van der Waals surface area contributed by atoms with Gasteiger partial charge in [0, 0.05) is 114 Å². The maximum absolute atomic E-state index is 14.5. The highest BCUT2D eigenvalue weighted by Crippen LogP contribution is 2.33. The standard InChI is InChI=1S/C60H69F4N13O13/c61-59(62)27-43(29-65)76(39-59)51(78)33-69-57(87)47-11-13-67-31-49(47)41-3-7-45(8-4-41)89-25-1-15-75(53(80)35-71-17-19-72(36-54(81)82)21-23-74(38-56(85)86)24-22-73(20-18-71)37-55(83)84)16-2-26-90-46-9-5-42(6-10-46)50-32-68-14-12-48(50)58(88)70-34-52(79)77-40-60(63,64)28-44(77)30-66/h3-14,31-32,43-44H,1-2,15-28,33-40H2,(H,69,87)(H,70,88)(H,81,82)(H,83,84)(H,85,86)/t43-,44-/m0/s1. The molecule has 2 aromatic carbocycles. The van der Waals surface area contributed by atoms with E-state index in [4.69, 9.17) is 9.47 Å². The molecule has 26 nitrogen and oxygen atoms in total. The molecule has 0 radical (unpaired) electrons.